The number of likely N-dealkylation sites (N-methyl/N-ethyl adjacent to an activating group) is 1. The summed E-state index contributed by atoms with van der Waals surface area (Å²) < 4.78 is 0.916. The molecule has 0 atom stereocenters. The van der Waals surface area contributed by atoms with Crippen molar-refractivity contribution in [2.45, 2.75) is 27.2 Å². The second-order valence-corrected chi connectivity index (χ2v) is 5.49. The predicted molar refractivity (Wildman–Crippen MR) is 84.7 cm³/mol. The summed E-state index contributed by atoms with van der Waals surface area (Å²) in [6, 6.07) is 3.84. The zero-order valence-electron chi connectivity index (χ0n) is 12.1. The van der Waals surface area contributed by atoms with Gasteiger partial charge in [0.15, 0.2) is 5.82 Å². The average Bonchev–Trinajstić information content (AvgIpc) is 2.42. The third kappa shape index (κ3) is 3.41. The Bertz CT molecular complexity index is 575. The van der Waals surface area contributed by atoms with Crippen molar-refractivity contribution in [1.82, 2.24) is 20.3 Å². The molecule has 2 heterocycles. The highest BCUT2D eigenvalue weighted by Crippen LogP contribution is 2.24. The van der Waals surface area contributed by atoms with Crippen molar-refractivity contribution in [2.75, 3.05) is 13.1 Å². The van der Waals surface area contributed by atoms with Crippen molar-refractivity contribution in [3.05, 3.63) is 39.8 Å². The maximum Gasteiger partial charge on any atom is 0.179 e. The van der Waals surface area contributed by atoms with Crippen LogP contribution >= 0.6 is 15.9 Å². The smallest absolute Gasteiger partial charge is 0.179 e. The molecule has 1 N–H and O–H groups in total. The lowest BCUT2D eigenvalue weighted by atomic mass is 10.1. The van der Waals surface area contributed by atoms with Gasteiger partial charge in [-0.3, -0.25) is 4.98 Å². The fourth-order valence-corrected chi connectivity index (χ4v) is 2.58. The van der Waals surface area contributed by atoms with E-state index >= 15 is 0 Å². The maximum atomic E-state index is 4.61. The van der Waals surface area contributed by atoms with Crippen LogP contribution < -0.4 is 5.32 Å². The number of rotatable bonds is 5. The van der Waals surface area contributed by atoms with E-state index in [-0.39, 0.29) is 0 Å². The van der Waals surface area contributed by atoms with Crippen molar-refractivity contribution >= 4 is 15.9 Å². The first kappa shape index (κ1) is 15.1. The zero-order valence-corrected chi connectivity index (χ0v) is 13.7. The minimum atomic E-state index is 0.680. The van der Waals surface area contributed by atoms with Gasteiger partial charge in [0.1, 0.15) is 5.69 Å². The molecule has 2 aromatic rings. The van der Waals surface area contributed by atoms with Gasteiger partial charge in [-0.25, -0.2) is 9.97 Å². The lowest BCUT2D eigenvalue weighted by molar-refractivity contribution is 0.708. The molecule has 2 rings (SSSR count). The summed E-state index contributed by atoms with van der Waals surface area (Å²) in [5.41, 5.74) is 4.07. The molecule has 0 radical (unpaired) electrons. The minimum Gasteiger partial charge on any atom is -0.317 e. The maximum absolute atomic E-state index is 4.61. The van der Waals surface area contributed by atoms with Crippen LogP contribution in [-0.4, -0.2) is 28.0 Å². The Morgan fingerprint density at radius 2 is 1.90 bits per heavy atom. The molecule has 0 bridgehead atoms. The van der Waals surface area contributed by atoms with E-state index in [9.17, 15) is 0 Å². The van der Waals surface area contributed by atoms with E-state index in [1.807, 2.05) is 26.0 Å². The van der Waals surface area contributed by atoms with Crippen LogP contribution in [0.15, 0.2) is 22.8 Å². The minimum absolute atomic E-state index is 0.680. The van der Waals surface area contributed by atoms with Crippen LogP contribution in [0.2, 0.25) is 0 Å². The molecule has 0 aromatic carbocycles. The topological polar surface area (TPSA) is 50.7 Å². The summed E-state index contributed by atoms with van der Waals surface area (Å²) in [4.78, 5) is 13.6. The molecule has 0 saturated heterocycles. The van der Waals surface area contributed by atoms with E-state index in [4.69, 9.17) is 0 Å². The first-order valence-electron chi connectivity index (χ1n) is 6.79. The van der Waals surface area contributed by atoms with E-state index in [1.54, 1.807) is 6.20 Å². The van der Waals surface area contributed by atoms with E-state index in [0.29, 0.717) is 5.82 Å². The number of hydrogen-bond donors (Lipinski definition) is 1. The Morgan fingerprint density at radius 3 is 2.50 bits per heavy atom. The fourth-order valence-electron chi connectivity index (χ4n) is 2.15. The standard InChI is InChI=1S/C15H19BrN4/c1-4-17-9-7-12-10(2)19-15(20-11(12)3)14-13(16)6-5-8-18-14/h5-6,8,17H,4,7,9H2,1-3H3. The van der Waals surface area contributed by atoms with E-state index in [2.05, 4.69) is 43.1 Å². The molecular formula is C15H19BrN4. The van der Waals surface area contributed by atoms with Crippen molar-refractivity contribution in [3.63, 3.8) is 0 Å². The molecule has 0 aliphatic rings. The average molecular weight is 335 g/mol. The molecule has 4 nitrogen and oxygen atoms in total. The van der Waals surface area contributed by atoms with Crippen LogP contribution in [0.4, 0.5) is 0 Å². The highest BCUT2D eigenvalue weighted by atomic mass is 79.9. The molecule has 20 heavy (non-hydrogen) atoms. The van der Waals surface area contributed by atoms with Gasteiger partial charge < -0.3 is 5.32 Å². The summed E-state index contributed by atoms with van der Waals surface area (Å²) in [5, 5.41) is 3.33. The van der Waals surface area contributed by atoms with Gasteiger partial charge >= 0.3 is 0 Å². The van der Waals surface area contributed by atoms with E-state index in [1.165, 1.54) is 5.56 Å². The first-order valence-corrected chi connectivity index (χ1v) is 7.58. The van der Waals surface area contributed by atoms with Gasteiger partial charge in [-0.05, 0) is 67.0 Å². The molecule has 0 amide bonds. The number of nitrogens with zero attached hydrogens (tertiary/aromatic N) is 3. The van der Waals surface area contributed by atoms with Crippen molar-refractivity contribution < 1.29 is 0 Å². The Hall–Kier alpha value is -1.33. The summed E-state index contributed by atoms with van der Waals surface area (Å²) >= 11 is 3.50. The largest absolute Gasteiger partial charge is 0.317 e. The van der Waals surface area contributed by atoms with Crippen molar-refractivity contribution in [3.8, 4) is 11.5 Å². The normalized spacial score (nSPS) is 10.8. The Balaban J connectivity index is 2.33. The van der Waals surface area contributed by atoms with E-state index in [0.717, 1.165) is 41.1 Å². The Labute approximate surface area is 128 Å². The van der Waals surface area contributed by atoms with Gasteiger partial charge in [0.2, 0.25) is 0 Å². The van der Waals surface area contributed by atoms with Gasteiger partial charge in [-0.1, -0.05) is 6.92 Å². The molecule has 106 valence electrons. The van der Waals surface area contributed by atoms with Crippen LogP contribution in [0.1, 0.15) is 23.9 Å². The summed E-state index contributed by atoms with van der Waals surface area (Å²) in [5.74, 6) is 0.680. The second-order valence-electron chi connectivity index (χ2n) is 4.63. The quantitative estimate of drug-likeness (QED) is 0.853. The van der Waals surface area contributed by atoms with Gasteiger partial charge in [0, 0.05) is 22.1 Å². The SMILES string of the molecule is CCNCCc1c(C)nc(-c2ncccc2Br)nc1C. The number of aromatic nitrogens is 3. The second kappa shape index (κ2) is 6.90. The molecule has 0 fully saturated rings. The van der Waals surface area contributed by atoms with Crippen LogP contribution in [-0.2, 0) is 6.42 Å². The lowest BCUT2D eigenvalue weighted by Crippen LogP contribution is -2.18. The zero-order chi connectivity index (χ0) is 14.5. The molecule has 0 aliphatic carbocycles. The number of pyridine rings is 1. The van der Waals surface area contributed by atoms with E-state index < -0.39 is 0 Å². The van der Waals surface area contributed by atoms with Crippen LogP contribution in [0.25, 0.3) is 11.5 Å². The molecule has 5 heteroatoms. The highest BCUT2D eigenvalue weighted by Gasteiger charge is 2.12. The van der Waals surface area contributed by atoms with Crippen LogP contribution in [0, 0.1) is 13.8 Å². The van der Waals surface area contributed by atoms with Crippen LogP contribution in [0.3, 0.4) is 0 Å². The molecule has 0 aliphatic heterocycles. The Morgan fingerprint density at radius 1 is 1.20 bits per heavy atom. The van der Waals surface area contributed by atoms with Crippen molar-refractivity contribution in [2.24, 2.45) is 0 Å². The molecule has 0 spiro atoms. The lowest BCUT2D eigenvalue weighted by Gasteiger charge is -2.11. The van der Waals surface area contributed by atoms with Crippen LogP contribution in [0.5, 0.6) is 0 Å². The fraction of sp³-hybridized carbons (Fsp3) is 0.400. The summed E-state index contributed by atoms with van der Waals surface area (Å²) in [6.07, 6.45) is 2.71. The van der Waals surface area contributed by atoms with Crippen molar-refractivity contribution in [1.29, 1.82) is 0 Å². The molecule has 0 saturated carbocycles. The summed E-state index contributed by atoms with van der Waals surface area (Å²) in [7, 11) is 0. The highest BCUT2D eigenvalue weighted by molar-refractivity contribution is 9.10. The number of hydrogen-bond acceptors (Lipinski definition) is 4. The number of nitrogens with one attached hydrogen (secondary N) is 1. The number of aryl methyl sites for hydroxylation is 2. The van der Waals surface area contributed by atoms with Gasteiger partial charge in [-0.15, -0.1) is 0 Å². The number of halogens is 1. The van der Waals surface area contributed by atoms with Gasteiger partial charge in [-0.2, -0.15) is 0 Å². The predicted octanol–water partition coefficient (Wildman–Crippen LogP) is 3.07. The summed E-state index contributed by atoms with van der Waals surface area (Å²) in [6.45, 7) is 8.12. The molecular weight excluding hydrogens is 316 g/mol. The Kier molecular flexibility index (Phi) is 5.20. The molecule has 2 aromatic heterocycles. The molecule has 0 unspecified atom stereocenters. The third-order valence-electron chi connectivity index (χ3n) is 3.19. The van der Waals surface area contributed by atoms with Gasteiger partial charge in [0.25, 0.3) is 0 Å². The van der Waals surface area contributed by atoms with Gasteiger partial charge in [0.05, 0.1) is 0 Å². The first-order chi connectivity index (χ1) is 9.63. The monoisotopic (exact) mass is 334 g/mol. The third-order valence-corrected chi connectivity index (χ3v) is 3.83.